The number of fused-ring (bicyclic) bond motifs is 5. The van der Waals surface area contributed by atoms with E-state index >= 15 is 0 Å². The fourth-order valence-electron chi connectivity index (χ4n) is 5.80. The topological polar surface area (TPSA) is 16.1 Å². The van der Waals surface area contributed by atoms with Crippen LogP contribution in [-0.2, 0) is 0 Å². The summed E-state index contributed by atoms with van der Waals surface area (Å²) in [7, 11) is 0. The Morgan fingerprint density at radius 2 is 1.00 bits per heavy atom. The predicted molar refractivity (Wildman–Crippen MR) is 180 cm³/mol. The monoisotopic (exact) mass is 554 g/mol. The molecule has 0 spiro atoms. The van der Waals surface area contributed by atoms with E-state index in [-0.39, 0.29) is 0 Å². The van der Waals surface area contributed by atoms with Crippen LogP contribution in [-0.4, -0.2) is 4.98 Å². The van der Waals surface area contributed by atoms with Gasteiger partial charge in [-0.25, -0.2) is 4.98 Å². The number of nitrogens with zero attached hydrogens (tertiary/aromatic N) is 2. The van der Waals surface area contributed by atoms with Gasteiger partial charge in [0.1, 0.15) is 5.82 Å². The van der Waals surface area contributed by atoms with E-state index in [2.05, 4.69) is 157 Å². The average Bonchev–Trinajstić information content (AvgIpc) is 3.45. The van der Waals surface area contributed by atoms with E-state index in [1.54, 1.807) is 0 Å². The van der Waals surface area contributed by atoms with E-state index in [1.807, 2.05) is 17.5 Å². The summed E-state index contributed by atoms with van der Waals surface area (Å²) in [5, 5.41) is 5.07. The van der Waals surface area contributed by atoms with Crippen molar-refractivity contribution < 1.29 is 0 Å². The molecule has 0 saturated heterocycles. The quantitative estimate of drug-likeness (QED) is 0.210. The van der Waals surface area contributed by atoms with Crippen LogP contribution in [0.5, 0.6) is 0 Å². The normalized spacial score (nSPS) is 11.3. The number of anilines is 3. The first-order chi connectivity index (χ1) is 20.8. The average molecular weight is 555 g/mol. The van der Waals surface area contributed by atoms with Gasteiger partial charge in [-0.2, -0.15) is 0 Å². The second-order valence-electron chi connectivity index (χ2n) is 10.5. The first-order valence-electron chi connectivity index (χ1n) is 14.1. The van der Waals surface area contributed by atoms with Crippen LogP contribution in [0, 0.1) is 0 Å². The Kier molecular flexibility index (Phi) is 6.02. The Balaban J connectivity index is 1.27. The van der Waals surface area contributed by atoms with Crippen molar-refractivity contribution in [3.63, 3.8) is 0 Å². The van der Waals surface area contributed by atoms with E-state index < -0.39 is 0 Å². The SMILES string of the molecule is c1ccc(-c2ccc(N(c3ccc(-c4ccccc4)cc3)c3cc4c(cn3)sc3c5ccccc5ccc43)cc2)cc1. The van der Waals surface area contributed by atoms with Crippen molar-refractivity contribution in [1.29, 1.82) is 0 Å². The molecule has 0 amide bonds. The van der Waals surface area contributed by atoms with Gasteiger partial charge in [-0.15, -0.1) is 11.3 Å². The zero-order valence-corrected chi connectivity index (χ0v) is 23.6. The van der Waals surface area contributed by atoms with Crippen LogP contribution in [0.1, 0.15) is 0 Å². The summed E-state index contributed by atoms with van der Waals surface area (Å²) >= 11 is 1.82. The maximum Gasteiger partial charge on any atom is 0.138 e. The first kappa shape index (κ1) is 24.5. The summed E-state index contributed by atoms with van der Waals surface area (Å²) in [5.41, 5.74) is 6.94. The molecule has 0 unspecified atom stereocenters. The molecule has 0 radical (unpaired) electrons. The fraction of sp³-hybridized carbons (Fsp3) is 0. The summed E-state index contributed by atoms with van der Waals surface area (Å²) in [6.45, 7) is 0. The highest BCUT2D eigenvalue weighted by Gasteiger charge is 2.17. The molecule has 0 aliphatic rings. The molecule has 2 aromatic heterocycles. The summed E-state index contributed by atoms with van der Waals surface area (Å²) in [5.74, 6) is 0.898. The third kappa shape index (κ3) is 4.32. The minimum atomic E-state index is 0.898. The molecule has 0 aliphatic carbocycles. The van der Waals surface area contributed by atoms with E-state index in [0.29, 0.717) is 0 Å². The Bertz CT molecular complexity index is 2080. The van der Waals surface area contributed by atoms with E-state index in [0.717, 1.165) is 17.2 Å². The Morgan fingerprint density at radius 1 is 0.452 bits per heavy atom. The summed E-state index contributed by atoms with van der Waals surface area (Å²) in [6, 6.07) is 53.9. The van der Waals surface area contributed by atoms with Crippen LogP contribution in [0.15, 0.2) is 158 Å². The van der Waals surface area contributed by atoms with Crippen LogP contribution in [0.4, 0.5) is 17.2 Å². The Morgan fingerprint density at radius 3 is 1.62 bits per heavy atom. The largest absolute Gasteiger partial charge is 0.295 e. The molecule has 0 bridgehead atoms. The number of pyridine rings is 1. The highest BCUT2D eigenvalue weighted by Crippen LogP contribution is 2.42. The van der Waals surface area contributed by atoms with Gasteiger partial charge in [0.15, 0.2) is 0 Å². The zero-order valence-electron chi connectivity index (χ0n) is 22.8. The molecule has 2 heterocycles. The minimum Gasteiger partial charge on any atom is -0.295 e. The van der Waals surface area contributed by atoms with E-state index in [4.69, 9.17) is 4.98 Å². The van der Waals surface area contributed by atoms with E-state index in [1.165, 1.54) is 53.2 Å². The number of hydrogen-bond donors (Lipinski definition) is 0. The fourth-order valence-corrected chi connectivity index (χ4v) is 6.99. The van der Waals surface area contributed by atoms with Gasteiger partial charge < -0.3 is 0 Å². The van der Waals surface area contributed by atoms with Crippen LogP contribution in [0.2, 0.25) is 0 Å². The molecule has 3 heteroatoms. The molecule has 0 aliphatic heterocycles. The minimum absolute atomic E-state index is 0.898. The molecule has 0 saturated carbocycles. The molecule has 0 N–H and O–H groups in total. The first-order valence-corrected chi connectivity index (χ1v) is 14.9. The van der Waals surface area contributed by atoms with Gasteiger partial charge in [-0.3, -0.25) is 4.90 Å². The second kappa shape index (κ2) is 10.3. The molecule has 198 valence electrons. The molecule has 6 aromatic carbocycles. The van der Waals surface area contributed by atoms with Gasteiger partial charge in [0.2, 0.25) is 0 Å². The Labute approximate surface area is 248 Å². The van der Waals surface area contributed by atoms with Gasteiger partial charge in [-0.1, -0.05) is 121 Å². The third-order valence-electron chi connectivity index (χ3n) is 7.93. The molecule has 8 rings (SSSR count). The van der Waals surface area contributed by atoms with Crippen LogP contribution >= 0.6 is 11.3 Å². The van der Waals surface area contributed by atoms with Gasteiger partial charge in [0.05, 0.1) is 4.70 Å². The van der Waals surface area contributed by atoms with Crippen molar-refractivity contribution in [3.05, 3.63) is 158 Å². The number of rotatable bonds is 5. The third-order valence-corrected chi connectivity index (χ3v) is 9.12. The lowest BCUT2D eigenvalue weighted by Crippen LogP contribution is -2.11. The maximum atomic E-state index is 5.03. The van der Waals surface area contributed by atoms with Gasteiger partial charge in [0, 0.05) is 33.0 Å². The van der Waals surface area contributed by atoms with Crippen molar-refractivity contribution in [3.8, 4) is 22.3 Å². The standard InChI is InChI=1S/C39H26N2S/c1-3-9-27(10-4-1)29-15-20-32(21-16-29)41(33-22-17-30(18-23-33)28-11-5-2-6-12-28)38-25-36-35-24-19-31-13-7-8-14-34(31)39(35)42-37(36)26-40-38/h1-26H. The summed E-state index contributed by atoms with van der Waals surface area (Å²) in [4.78, 5) is 7.29. The number of benzene rings is 6. The Hall–Kier alpha value is -5.25. The second-order valence-corrected chi connectivity index (χ2v) is 11.5. The van der Waals surface area contributed by atoms with Crippen molar-refractivity contribution in [1.82, 2.24) is 4.98 Å². The molecular formula is C39H26N2S. The van der Waals surface area contributed by atoms with Crippen LogP contribution < -0.4 is 4.90 Å². The molecule has 0 fully saturated rings. The summed E-state index contributed by atoms with van der Waals surface area (Å²) in [6.07, 6.45) is 2.04. The van der Waals surface area contributed by atoms with Crippen LogP contribution in [0.3, 0.4) is 0 Å². The predicted octanol–water partition coefficient (Wildman–Crippen LogP) is 11.4. The molecular weight excluding hydrogens is 529 g/mol. The van der Waals surface area contributed by atoms with Gasteiger partial charge in [-0.05, 0) is 63.4 Å². The number of hydrogen-bond acceptors (Lipinski definition) is 3. The van der Waals surface area contributed by atoms with Crippen molar-refractivity contribution in [2.75, 3.05) is 4.90 Å². The summed E-state index contributed by atoms with van der Waals surface area (Å²) < 4.78 is 2.51. The van der Waals surface area contributed by atoms with Gasteiger partial charge >= 0.3 is 0 Å². The lowest BCUT2D eigenvalue weighted by molar-refractivity contribution is 1.19. The highest BCUT2D eigenvalue weighted by molar-refractivity contribution is 7.26. The van der Waals surface area contributed by atoms with Crippen molar-refractivity contribution in [2.45, 2.75) is 0 Å². The van der Waals surface area contributed by atoms with Crippen molar-refractivity contribution in [2.24, 2.45) is 0 Å². The molecule has 2 nitrogen and oxygen atoms in total. The lowest BCUT2D eigenvalue weighted by atomic mass is 10.0. The smallest absolute Gasteiger partial charge is 0.138 e. The zero-order chi connectivity index (χ0) is 27.9. The molecule has 0 atom stereocenters. The molecule has 42 heavy (non-hydrogen) atoms. The number of aromatic nitrogens is 1. The van der Waals surface area contributed by atoms with Crippen molar-refractivity contribution >= 4 is 59.5 Å². The van der Waals surface area contributed by atoms with Crippen LogP contribution in [0.25, 0.3) is 53.2 Å². The van der Waals surface area contributed by atoms with Gasteiger partial charge in [0.25, 0.3) is 0 Å². The maximum absolute atomic E-state index is 5.03. The lowest BCUT2D eigenvalue weighted by Gasteiger charge is -2.25. The number of thiophene rings is 1. The highest BCUT2D eigenvalue weighted by atomic mass is 32.1. The molecule has 8 aromatic rings. The van der Waals surface area contributed by atoms with E-state index in [9.17, 15) is 0 Å².